The standard InChI is InChI=1S/C19H34N2O6/c1-12(2)17(27-19(23)16-10-21(6)8-14(4)26-16)11-24-18(22)15-9-20(5)7-13(3)25-15/h12-17H,7-11H2,1-6H3/t13-,14-,15-,16-,17?/m0/s1. The van der Waals surface area contributed by atoms with Gasteiger partial charge in [0.15, 0.2) is 12.2 Å². The Balaban J connectivity index is 1.86. The Morgan fingerprint density at radius 3 is 1.85 bits per heavy atom. The Morgan fingerprint density at radius 2 is 1.41 bits per heavy atom. The molecule has 0 spiro atoms. The third-order valence-corrected chi connectivity index (χ3v) is 4.81. The predicted octanol–water partition coefficient (Wildman–Crippen LogP) is 0.536. The quantitative estimate of drug-likeness (QED) is 0.612. The number of rotatable bonds is 6. The van der Waals surface area contributed by atoms with Gasteiger partial charge >= 0.3 is 11.9 Å². The number of likely N-dealkylation sites (N-methyl/N-ethyl adjacent to an activating group) is 2. The van der Waals surface area contributed by atoms with E-state index in [0.29, 0.717) is 13.1 Å². The van der Waals surface area contributed by atoms with Gasteiger partial charge in [-0.25, -0.2) is 9.59 Å². The lowest BCUT2D eigenvalue weighted by molar-refractivity contribution is -0.185. The van der Waals surface area contributed by atoms with Gasteiger partial charge in [0.25, 0.3) is 0 Å². The maximum absolute atomic E-state index is 12.5. The number of hydrogen-bond donors (Lipinski definition) is 0. The third-order valence-electron chi connectivity index (χ3n) is 4.81. The van der Waals surface area contributed by atoms with Crippen LogP contribution in [0.3, 0.4) is 0 Å². The summed E-state index contributed by atoms with van der Waals surface area (Å²) in [6.07, 6.45) is -1.81. The fourth-order valence-electron chi connectivity index (χ4n) is 3.43. The zero-order valence-corrected chi connectivity index (χ0v) is 17.3. The molecule has 1 unspecified atom stereocenters. The first-order valence-corrected chi connectivity index (χ1v) is 9.70. The smallest absolute Gasteiger partial charge is 0.337 e. The molecular formula is C19H34N2O6. The molecule has 0 saturated carbocycles. The van der Waals surface area contributed by atoms with E-state index in [2.05, 4.69) is 0 Å². The Labute approximate surface area is 162 Å². The molecule has 2 aliphatic rings. The van der Waals surface area contributed by atoms with E-state index in [9.17, 15) is 9.59 Å². The predicted molar refractivity (Wildman–Crippen MR) is 99.3 cm³/mol. The molecule has 0 aromatic heterocycles. The summed E-state index contributed by atoms with van der Waals surface area (Å²) in [5.41, 5.74) is 0. The average molecular weight is 386 g/mol. The van der Waals surface area contributed by atoms with Gasteiger partial charge in [-0.2, -0.15) is 0 Å². The lowest BCUT2D eigenvalue weighted by Gasteiger charge is -2.34. The van der Waals surface area contributed by atoms with Gasteiger partial charge in [0, 0.05) is 26.2 Å². The molecule has 0 N–H and O–H groups in total. The van der Waals surface area contributed by atoms with Crippen LogP contribution < -0.4 is 0 Å². The molecule has 0 radical (unpaired) electrons. The normalized spacial score (nSPS) is 31.5. The van der Waals surface area contributed by atoms with Crippen molar-refractivity contribution >= 4 is 11.9 Å². The lowest BCUT2D eigenvalue weighted by Crippen LogP contribution is -2.50. The minimum atomic E-state index is -0.619. The van der Waals surface area contributed by atoms with Crippen molar-refractivity contribution < 1.29 is 28.5 Å². The number of nitrogens with zero attached hydrogens (tertiary/aromatic N) is 2. The Morgan fingerprint density at radius 1 is 0.926 bits per heavy atom. The van der Waals surface area contributed by atoms with Gasteiger partial charge in [-0.05, 0) is 33.9 Å². The summed E-state index contributed by atoms with van der Waals surface area (Å²) in [6.45, 7) is 10.3. The fourth-order valence-corrected chi connectivity index (χ4v) is 3.43. The van der Waals surface area contributed by atoms with E-state index in [1.165, 1.54) is 0 Å². The summed E-state index contributed by atoms with van der Waals surface area (Å²) in [6, 6.07) is 0. The number of carbonyl (C=O) groups excluding carboxylic acids is 2. The molecular weight excluding hydrogens is 352 g/mol. The first-order valence-electron chi connectivity index (χ1n) is 9.70. The van der Waals surface area contributed by atoms with E-state index < -0.39 is 30.3 Å². The third kappa shape index (κ3) is 6.71. The zero-order chi connectivity index (χ0) is 20.1. The van der Waals surface area contributed by atoms with Crippen LogP contribution in [0.2, 0.25) is 0 Å². The van der Waals surface area contributed by atoms with Crippen LogP contribution >= 0.6 is 0 Å². The first kappa shape index (κ1) is 22.1. The summed E-state index contributed by atoms with van der Waals surface area (Å²) >= 11 is 0. The molecule has 0 aliphatic carbocycles. The minimum Gasteiger partial charge on any atom is -0.460 e. The molecule has 2 aliphatic heterocycles. The summed E-state index contributed by atoms with van der Waals surface area (Å²) in [5.74, 6) is -0.822. The second kappa shape index (κ2) is 9.82. The van der Waals surface area contributed by atoms with Crippen LogP contribution in [0.5, 0.6) is 0 Å². The van der Waals surface area contributed by atoms with Crippen molar-refractivity contribution in [2.75, 3.05) is 46.9 Å². The van der Waals surface area contributed by atoms with Crippen molar-refractivity contribution in [1.29, 1.82) is 0 Å². The van der Waals surface area contributed by atoms with Gasteiger partial charge in [-0.1, -0.05) is 13.8 Å². The molecule has 8 nitrogen and oxygen atoms in total. The lowest BCUT2D eigenvalue weighted by atomic mass is 10.1. The molecule has 0 amide bonds. The fraction of sp³-hybridized carbons (Fsp3) is 0.895. The van der Waals surface area contributed by atoms with Crippen molar-refractivity contribution in [3.05, 3.63) is 0 Å². The van der Waals surface area contributed by atoms with Crippen molar-refractivity contribution in [2.24, 2.45) is 5.92 Å². The number of morpholine rings is 2. The topological polar surface area (TPSA) is 77.5 Å². The van der Waals surface area contributed by atoms with E-state index in [4.69, 9.17) is 18.9 Å². The highest BCUT2D eigenvalue weighted by atomic mass is 16.6. The first-order chi connectivity index (χ1) is 12.7. The molecule has 2 fully saturated rings. The van der Waals surface area contributed by atoms with Crippen LogP contribution in [-0.4, -0.2) is 99.1 Å². The number of esters is 2. The van der Waals surface area contributed by atoms with E-state index >= 15 is 0 Å². The summed E-state index contributed by atoms with van der Waals surface area (Å²) in [7, 11) is 3.89. The number of carbonyl (C=O) groups is 2. The molecule has 2 rings (SSSR count). The highest BCUT2D eigenvalue weighted by molar-refractivity contribution is 5.76. The van der Waals surface area contributed by atoms with Crippen molar-refractivity contribution in [3.63, 3.8) is 0 Å². The molecule has 0 bridgehead atoms. The van der Waals surface area contributed by atoms with Crippen molar-refractivity contribution in [2.45, 2.75) is 58.2 Å². The second-order valence-corrected chi connectivity index (χ2v) is 8.16. The van der Waals surface area contributed by atoms with Crippen LogP contribution in [0.4, 0.5) is 0 Å². The van der Waals surface area contributed by atoms with Crippen LogP contribution in [-0.2, 0) is 28.5 Å². The maximum atomic E-state index is 12.5. The van der Waals surface area contributed by atoms with E-state index in [-0.39, 0.29) is 24.7 Å². The molecule has 0 aromatic carbocycles. The summed E-state index contributed by atoms with van der Waals surface area (Å²) < 4.78 is 22.4. The largest absolute Gasteiger partial charge is 0.460 e. The molecule has 2 heterocycles. The molecule has 27 heavy (non-hydrogen) atoms. The number of ether oxygens (including phenoxy) is 4. The van der Waals surface area contributed by atoms with Crippen LogP contribution in [0.15, 0.2) is 0 Å². The Hall–Kier alpha value is -1.22. The molecule has 5 atom stereocenters. The monoisotopic (exact) mass is 386 g/mol. The van der Waals surface area contributed by atoms with E-state index in [1.807, 2.05) is 51.6 Å². The molecule has 0 aromatic rings. The zero-order valence-electron chi connectivity index (χ0n) is 17.3. The number of hydrogen-bond acceptors (Lipinski definition) is 8. The van der Waals surface area contributed by atoms with Gasteiger partial charge in [-0.15, -0.1) is 0 Å². The molecule has 2 saturated heterocycles. The van der Waals surface area contributed by atoms with Crippen molar-refractivity contribution in [3.8, 4) is 0 Å². The Kier molecular flexibility index (Phi) is 8.03. The van der Waals surface area contributed by atoms with Crippen molar-refractivity contribution in [1.82, 2.24) is 9.80 Å². The minimum absolute atomic E-state index is 0.00867. The van der Waals surface area contributed by atoms with Crippen LogP contribution in [0.25, 0.3) is 0 Å². The van der Waals surface area contributed by atoms with Crippen LogP contribution in [0.1, 0.15) is 27.7 Å². The highest BCUT2D eigenvalue weighted by Crippen LogP contribution is 2.16. The van der Waals surface area contributed by atoms with Crippen LogP contribution in [0, 0.1) is 5.92 Å². The van der Waals surface area contributed by atoms with Gasteiger partial charge in [0.05, 0.1) is 12.2 Å². The van der Waals surface area contributed by atoms with E-state index in [1.54, 1.807) is 0 Å². The summed E-state index contributed by atoms with van der Waals surface area (Å²) in [5, 5.41) is 0. The van der Waals surface area contributed by atoms with Gasteiger partial charge < -0.3 is 28.7 Å². The SMILES string of the molecule is CC(C)C(COC(=O)[C@@H]1CN(C)C[C@H](C)O1)OC(=O)[C@@H]1CN(C)C[C@H](C)O1. The highest BCUT2D eigenvalue weighted by Gasteiger charge is 2.34. The maximum Gasteiger partial charge on any atom is 0.337 e. The van der Waals surface area contributed by atoms with Gasteiger partial charge in [0.1, 0.15) is 12.7 Å². The average Bonchev–Trinajstić information content (AvgIpc) is 2.56. The summed E-state index contributed by atoms with van der Waals surface area (Å²) in [4.78, 5) is 28.9. The molecule has 8 heteroatoms. The van der Waals surface area contributed by atoms with Gasteiger partial charge in [-0.3, -0.25) is 0 Å². The van der Waals surface area contributed by atoms with E-state index in [0.717, 1.165) is 13.1 Å². The van der Waals surface area contributed by atoms with Gasteiger partial charge in [0.2, 0.25) is 0 Å². The second-order valence-electron chi connectivity index (χ2n) is 8.16. The molecule has 156 valence electrons. The Bertz CT molecular complexity index is 494.